The number of nitrogens with zero attached hydrogens (tertiary/aromatic N) is 3. The number of alkyl halides is 6. The molecule has 1 aliphatic heterocycles. The summed E-state index contributed by atoms with van der Waals surface area (Å²) in [6.45, 7) is 1.76. The second-order valence-corrected chi connectivity index (χ2v) is 10.6. The molecule has 4 nitrogen and oxygen atoms in total. The predicted molar refractivity (Wildman–Crippen MR) is 135 cm³/mol. The van der Waals surface area contributed by atoms with Crippen LogP contribution in [0.1, 0.15) is 24.0 Å². The van der Waals surface area contributed by atoms with E-state index in [4.69, 9.17) is 0 Å². The summed E-state index contributed by atoms with van der Waals surface area (Å²) in [5.41, 5.74) is -3.76. The van der Waals surface area contributed by atoms with Gasteiger partial charge >= 0.3 is 12.4 Å². The standard InChI is InChI=1S/C24H21F6IN4S/c1-35-10-8-14(9-11-35)34-16-4-2-3-5-18(16)36-19-7-6-15(17-12-20(31)33-13-32-17)21(23(25,26)27)22(19)24(28,29)30/h2-7,12-14,34H,8-11H2,1H3. The van der Waals surface area contributed by atoms with Crippen molar-refractivity contribution in [2.75, 3.05) is 25.5 Å². The summed E-state index contributed by atoms with van der Waals surface area (Å²) in [7, 11) is 2.02. The number of piperidine rings is 1. The molecule has 1 fully saturated rings. The number of benzene rings is 2. The third-order valence-electron chi connectivity index (χ3n) is 5.83. The van der Waals surface area contributed by atoms with Crippen molar-refractivity contribution in [3.63, 3.8) is 0 Å². The van der Waals surface area contributed by atoms with Gasteiger partial charge < -0.3 is 10.2 Å². The Morgan fingerprint density at radius 2 is 1.58 bits per heavy atom. The summed E-state index contributed by atoms with van der Waals surface area (Å²) >= 11 is 2.44. The van der Waals surface area contributed by atoms with E-state index in [0.717, 1.165) is 44.4 Å². The van der Waals surface area contributed by atoms with Crippen LogP contribution < -0.4 is 5.32 Å². The summed E-state index contributed by atoms with van der Waals surface area (Å²) in [4.78, 5) is 9.70. The minimum atomic E-state index is -5.26. The molecule has 2 heterocycles. The van der Waals surface area contributed by atoms with Gasteiger partial charge in [-0.3, -0.25) is 0 Å². The van der Waals surface area contributed by atoms with Crippen molar-refractivity contribution in [1.82, 2.24) is 14.9 Å². The highest BCUT2D eigenvalue weighted by Gasteiger charge is 2.47. The fourth-order valence-electron chi connectivity index (χ4n) is 4.10. The largest absolute Gasteiger partial charge is 0.418 e. The van der Waals surface area contributed by atoms with E-state index in [2.05, 4.69) is 20.2 Å². The van der Waals surface area contributed by atoms with E-state index in [1.165, 1.54) is 6.07 Å². The molecule has 1 aliphatic rings. The summed E-state index contributed by atoms with van der Waals surface area (Å²) in [5, 5.41) is 3.37. The van der Waals surface area contributed by atoms with Crippen LogP contribution in [0.4, 0.5) is 32.0 Å². The minimum absolute atomic E-state index is 0.124. The van der Waals surface area contributed by atoms with Crippen LogP contribution in [0, 0.1) is 3.70 Å². The lowest BCUT2D eigenvalue weighted by atomic mass is 9.97. The fraction of sp³-hybridized carbons (Fsp3) is 0.333. The van der Waals surface area contributed by atoms with Crippen molar-refractivity contribution >= 4 is 40.0 Å². The first-order valence-corrected chi connectivity index (χ1v) is 12.8. The van der Waals surface area contributed by atoms with E-state index in [9.17, 15) is 26.3 Å². The average molecular weight is 638 g/mol. The lowest BCUT2D eigenvalue weighted by molar-refractivity contribution is -0.163. The molecule has 3 aromatic rings. The van der Waals surface area contributed by atoms with Crippen LogP contribution in [0.25, 0.3) is 11.3 Å². The van der Waals surface area contributed by atoms with Gasteiger partial charge in [0.15, 0.2) is 0 Å². The topological polar surface area (TPSA) is 41.0 Å². The number of aromatic nitrogens is 2. The maximum absolute atomic E-state index is 14.3. The van der Waals surface area contributed by atoms with Crippen molar-refractivity contribution in [3.8, 4) is 11.3 Å². The van der Waals surface area contributed by atoms with Crippen molar-refractivity contribution in [2.45, 2.75) is 41.0 Å². The van der Waals surface area contributed by atoms with Crippen LogP contribution in [0.5, 0.6) is 0 Å². The van der Waals surface area contributed by atoms with Gasteiger partial charge in [0, 0.05) is 27.1 Å². The Balaban J connectivity index is 1.79. The van der Waals surface area contributed by atoms with Gasteiger partial charge in [0.05, 0.1) is 16.8 Å². The lowest BCUT2D eigenvalue weighted by Crippen LogP contribution is -2.36. The number of likely N-dealkylation sites (tertiary alicyclic amines) is 1. The molecule has 1 saturated heterocycles. The molecule has 1 aromatic heterocycles. The average Bonchev–Trinajstić information content (AvgIpc) is 2.80. The molecule has 0 radical (unpaired) electrons. The highest BCUT2D eigenvalue weighted by atomic mass is 127. The van der Waals surface area contributed by atoms with E-state index in [1.54, 1.807) is 46.9 Å². The second kappa shape index (κ2) is 10.7. The molecule has 192 valence electrons. The maximum Gasteiger partial charge on any atom is 0.418 e. The molecule has 4 rings (SSSR count). The predicted octanol–water partition coefficient (Wildman–Crippen LogP) is 7.44. The molecule has 0 amide bonds. The second-order valence-electron chi connectivity index (χ2n) is 8.40. The number of halogens is 7. The quantitative estimate of drug-likeness (QED) is 0.179. The molecule has 0 aliphatic carbocycles. The Hall–Kier alpha value is -2.06. The van der Waals surface area contributed by atoms with Gasteiger partial charge in [-0.1, -0.05) is 30.0 Å². The Morgan fingerprint density at radius 3 is 2.22 bits per heavy atom. The lowest BCUT2D eigenvalue weighted by Gasteiger charge is -2.30. The first kappa shape index (κ1) is 27.0. The molecule has 1 N–H and O–H groups in total. The zero-order chi connectivity index (χ0) is 26.1. The third kappa shape index (κ3) is 6.25. The van der Waals surface area contributed by atoms with Gasteiger partial charge in [-0.25, -0.2) is 9.97 Å². The van der Waals surface area contributed by atoms with Gasteiger partial charge in [-0.15, -0.1) is 0 Å². The van der Waals surface area contributed by atoms with E-state index >= 15 is 0 Å². The molecule has 0 spiro atoms. The zero-order valence-electron chi connectivity index (χ0n) is 18.9. The van der Waals surface area contributed by atoms with Crippen molar-refractivity contribution in [1.29, 1.82) is 0 Å². The SMILES string of the molecule is CN1CCC(Nc2ccccc2Sc2ccc(-c3cc(I)ncn3)c(C(F)(F)F)c2C(F)(F)F)CC1. The fourth-order valence-corrected chi connectivity index (χ4v) is 5.60. The molecule has 0 bridgehead atoms. The van der Waals surface area contributed by atoms with Crippen LogP contribution >= 0.6 is 34.4 Å². The molecule has 2 aromatic carbocycles. The maximum atomic E-state index is 14.3. The van der Waals surface area contributed by atoms with Crippen molar-refractivity contribution < 1.29 is 26.3 Å². The van der Waals surface area contributed by atoms with Crippen LogP contribution in [-0.2, 0) is 12.4 Å². The first-order chi connectivity index (χ1) is 16.9. The number of nitrogens with one attached hydrogen (secondary N) is 1. The number of anilines is 1. The third-order valence-corrected chi connectivity index (χ3v) is 7.55. The van der Waals surface area contributed by atoms with Gasteiger partial charge in [0.2, 0.25) is 0 Å². The van der Waals surface area contributed by atoms with Crippen LogP contribution in [0.15, 0.2) is 58.6 Å². The summed E-state index contributed by atoms with van der Waals surface area (Å²) in [6.07, 6.45) is -7.78. The molecule has 0 atom stereocenters. The van der Waals surface area contributed by atoms with Gasteiger partial charge in [-0.2, -0.15) is 26.3 Å². The van der Waals surface area contributed by atoms with E-state index in [0.29, 0.717) is 26.0 Å². The highest BCUT2D eigenvalue weighted by Crippen LogP contribution is 2.50. The molecular formula is C24H21F6IN4S. The Labute approximate surface area is 222 Å². The van der Waals surface area contributed by atoms with Gasteiger partial charge in [0.1, 0.15) is 10.0 Å². The smallest absolute Gasteiger partial charge is 0.381 e. The number of hydrogen-bond acceptors (Lipinski definition) is 5. The highest BCUT2D eigenvalue weighted by molar-refractivity contribution is 14.1. The molecule has 0 saturated carbocycles. The first-order valence-electron chi connectivity index (χ1n) is 10.9. The normalized spacial score (nSPS) is 15.8. The molecular weight excluding hydrogens is 617 g/mol. The Kier molecular flexibility index (Phi) is 8.05. The van der Waals surface area contributed by atoms with Crippen LogP contribution in [-0.4, -0.2) is 41.0 Å². The van der Waals surface area contributed by atoms with Crippen LogP contribution in [0.3, 0.4) is 0 Å². The number of para-hydroxylation sites is 1. The monoisotopic (exact) mass is 638 g/mol. The van der Waals surface area contributed by atoms with Crippen molar-refractivity contribution in [3.05, 3.63) is 63.6 Å². The van der Waals surface area contributed by atoms with E-state index < -0.39 is 33.9 Å². The van der Waals surface area contributed by atoms with E-state index in [1.807, 2.05) is 7.05 Å². The van der Waals surface area contributed by atoms with Gasteiger partial charge in [0.25, 0.3) is 0 Å². The van der Waals surface area contributed by atoms with Crippen LogP contribution in [0.2, 0.25) is 0 Å². The zero-order valence-corrected chi connectivity index (χ0v) is 21.9. The number of rotatable bonds is 5. The molecule has 0 unspecified atom stereocenters. The number of hydrogen-bond donors (Lipinski definition) is 1. The minimum Gasteiger partial charge on any atom is -0.381 e. The Bertz CT molecular complexity index is 1230. The van der Waals surface area contributed by atoms with Crippen molar-refractivity contribution in [2.24, 2.45) is 0 Å². The summed E-state index contributed by atoms with van der Waals surface area (Å²) in [6, 6.07) is 10.2. The Morgan fingerprint density at radius 1 is 0.917 bits per heavy atom. The molecule has 36 heavy (non-hydrogen) atoms. The van der Waals surface area contributed by atoms with E-state index in [-0.39, 0.29) is 11.7 Å². The molecule has 12 heteroatoms. The van der Waals surface area contributed by atoms with Gasteiger partial charge in [-0.05, 0) is 79.8 Å². The summed E-state index contributed by atoms with van der Waals surface area (Å²) < 4.78 is 85.7. The summed E-state index contributed by atoms with van der Waals surface area (Å²) in [5.74, 6) is 0.